The molecule has 8 heteroatoms. The van der Waals surface area contributed by atoms with E-state index in [0.717, 1.165) is 61.7 Å². The summed E-state index contributed by atoms with van der Waals surface area (Å²) in [4.78, 5) is 12.5. The zero-order valence-electron chi connectivity index (χ0n) is 16.5. The quantitative estimate of drug-likeness (QED) is 0.521. The molecule has 1 fully saturated rings. The van der Waals surface area contributed by atoms with Crippen LogP contribution in [0.2, 0.25) is 10.0 Å². The predicted molar refractivity (Wildman–Crippen MR) is 114 cm³/mol. The van der Waals surface area contributed by atoms with Gasteiger partial charge in [-0.25, -0.2) is 0 Å². The summed E-state index contributed by atoms with van der Waals surface area (Å²) in [6.45, 7) is 2.79. The lowest BCUT2D eigenvalue weighted by atomic mass is 9.86. The van der Waals surface area contributed by atoms with Gasteiger partial charge in [0.1, 0.15) is 0 Å². The normalized spacial score (nSPS) is 19.4. The van der Waals surface area contributed by atoms with Gasteiger partial charge in [0.2, 0.25) is 0 Å². The van der Waals surface area contributed by atoms with Gasteiger partial charge in [-0.05, 0) is 74.4 Å². The smallest absolute Gasteiger partial charge is 0.384 e. The minimum Gasteiger partial charge on any atom is -0.384 e. The SMILES string of the molecule is Cc1ccc(Cl)c(NC[C@H]2CC[C@H](NC(=O)c3cc(C(F)(F)F)ccc3Cl)CC2)c1. The van der Waals surface area contributed by atoms with Crippen molar-refractivity contribution in [3.05, 3.63) is 63.1 Å². The van der Waals surface area contributed by atoms with Crippen LogP contribution in [0.1, 0.15) is 47.2 Å². The van der Waals surface area contributed by atoms with E-state index < -0.39 is 17.6 Å². The lowest BCUT2D eigenvalue weighted by molar-refractivity contribution is -0.137. The summed E-state index contributed by atoms with van der Waals surface area (Å²) < 4.78 is 38.8. The fraction of sp³-hybridized carbons (Fsp3) is 0.409. The Kier molecular flexibility index (Phi) is 7.19. The second kappa shape index (κ2) is 9.48. The molecular weight excluding hydrogens is 436 g/mol. The Morgan fingerprint density at radius 3 is 2.37 bits per heavy atom. The molecule has 0 atom stereocenters. The fourth-order valence-electron chi connectivity index (χ4n) is 3.68. The zero-order valence-corrected chi connectivity index (χ0v) is 18.0. The molecule has 0 saturated heterocycles. The van der Waals surface area contributed by atoms with Crippen molar-refractivity contribution in [1.29, 1.82) is 0 Å². The van der Waals surface area contributed by atoms with Crippen molar-refractivity contribution in [2.24, 2.45) is 5.92 Å². The van der Waals surface area contributed by atoms with E-state index in [1.807, 2.05) is 25.1 Å². The van der Waals surface area contributed by atoms with Crippen molar-refractivity contribution in [2.45, 2.75) is 44.8 Å². The maximum atomic E-state index is 12.9. The number of carbonyl (C=O) groups excluding carboxylic acids is 1. The van der Waals surface area contributed by atoms with Gasteiger partial charge in [-0.15, -0.1) is 0 Å². The monoisotopic (exact) mass is 458 g/mol. The van der Waals surface area contributed by atoms with Crippen LogP contribution in [0, 0.1) is 12.8 Å². The van der Waals surface area contributed by atoms with Crippen LogP contribution in [0.15, 0.2) is 36.4 Å². The van der Waals surface area contributed by atoms with E-state index in [-0.39, 0.29) is 16.6 Å². The van der Waals surface area contributed by atoms with Crippen LogP contribution in [0.25, 0.3) is 0 Å². The Morgan fingerprint density at radius 1 is 1.03 bits per heavy atom. The second-order valence-corrected chi connectivity index (χ2v) is 8.56. The summed E-state index contributed by atoms with van der Waals surface area (Å²) in [5, 5.41) is 6.91. The number of amides is 1. The minimum atomic E-state index is -4.52. The van der Waals surface area contributed by atoms with Crippen LogP contribution in [0.3, 0.4) is 0 Å². The number of anilines is 1. The molecule has 2 aromatic carbocycles. The first-order valence-electron chi connectivity index (χ1n) is 9.81. The van der Waals surface area contributed by atoms with Crippen molar-refractivity contribution in [3.63, 3.8) is 0 Å². The Morgan fingerprint density at radius 2 is 1.70 bits per heavy atom. The minimum absolute atomic E-state index is 0.00780. The first kappa shape index (κ1) is 22.8. The summed E-state index contributed by atoms with van der Waals surface area (Å²) in [5.74, 6) is -0.133. The molecule has 1 saturated carbocycles. The van der Waals surface area contributed by atoms with Gasteiger partial charge >= 0.3 is 6.18 Å². The van der Waals surface area contributed by atoms with E-state index in [4.69, 9.17) is 23.2 Å². The zero-order chi connectivity index (χ0) is 21.9. The second-order valence-electron chi connectivity index (χ2n) is 7.75. The van der Waals surface area contributed by atoms with E-state index in [1.165, 1.54) is 0 Å². The van der Waals surface area contributed by atoms with E-state index in [9.17, 15) is 18.0 Å². The summed E-state index contributed by atoms with van der Waals surface area (Å²) in [5.41, 5.74) is 0.999. The number of aryl methyl sites for hydroxylation is 1. The van der Waals surface area contributed by atoms with Crippen molar-refractivity contribution in [2.75, 3.05) is 11.9 Å². The molecule has 0 aliphatic heterocycles. The maximum Gasteiger partial charge on any atom is 0.416 e. The number of alkyl halides is 3. The van der Waals surface area contributed by atoms with Crippen molar-refractivity contribution < 1.29 is 18.0 Å². The molecule has 3 rings (SSSR count). The molecule has 1 amide bonds. The first-order valence-corrected chi connectivity index (χ1v) is 10.6. The number of rotatable bonds is 5. The molecule has 30 heavy (non-hydrogen) atoms. The maximum absolute atomic E-state index is 12.9. The molecule has 2 N–H and O–H groups in total. The molecule has 1 aliphatic carbocycles. The number of halogens is 5. The molecule has 0 spiro atoms. The van der Waals surface area contributed by atoms with Gasteiger partial charge in [-0.1, -0.05) is 29.3 Å². The molecule has 0 heterocycles. The number of carbonyl (C=O) groups is 1. The van der Waals surface area contributed by atoms with Crippen LogP contribution >= 0.6 is 23.2 Å². The average molecular weight is 459 g/mol. The Balaban J connectivity index is 1.52. The largest absolute Gasteiger partial charge is 0.416 e. The fourth-order valence-corrected chi connectivity index (χ4v) is 4.07. The Bertz CT molecular complexity index is 910. The van der Waals surface area contributed by atoms with Crippen LogP contribution in [0.4, 0.5) is 18.9 Å². The number of hydrogen-bond donors (Lipinski definition) is 2. The number of nitrogens with one attached hydrogen (secondary N) is 2. The predicted octanol–water partition coefficient (Wildman–Crippen LogP) is 6.72. The Labute approximate surface area is 183 Å². The highest BCUT2D eigenvalue weighted by Gasteiger charge is 2.32. The van der Waals surface area contributed by atoms with Crippen molar-refractivity contribution >= 4 is 34.8 Å². The van der Waals surface area contributed by atoms with Gasteiger partial charge in [-0.2, -0.15) is 13.2 Å². The third kappa shape index (κ3) is 5.82. The Hall–Kier alpha value is -1.92. The lowest BCUT2D eigenvalue weighted by Gasteiger charge is -2.29. The van der Waals surface area contributed by atoms with Crippen LogP contribution in [0.5, 0.6) is 0 Å². The summed E-state index contributed by atoms with van der Waals surface area (Å²) in [6, 6.07) is 8.53. The van der Waals surface area contributed by atoms with E-state index in [2.05, 4.69) is 10.6 Å². The van der Waals surface area contributed by atoms with Crippen LogP contribution < -0.4 is 10.6 Å². The van der Waals surface area contributed by atoms with E-state index >= 15 is 0 Å². The molecule has 1 aliphatic rings. The van der Waals surface area contributed by atoms with E-state index in [0.29, 0.717) is 10.9 Å². The summed E-state index contributed by atoms with van der Waals surface area (Å²) in [6.07, 6.45) is -1.20. The number of benzene rings is 2. The molecule has 3 nitrogen and oxygen atoms in total. The highest BCUT2D eigenvalue weighted by Crippen LogP contribution is 2.32. The molecular formula is C22H23Cl2F3N2O. The van der Waals surface area contributed by atoms with Gasteiger partial charge < -0.3 is 10.6 Å². The lowest BCUT2D eigenvalue weighted by Crippen LogP contribution is -2.38. The summed E-state index contributed by atoms with van der Waals surface area (Å²) >= 11 is 12.2. The first-order chi connectivity index (χ1) is 14.1. The van der Waals surface area contributed by atoms with Crippen molar-refractivity contribution in [3.8, 4) is 0 Å². The molecule has 0 aromatic heterocycles. The van der Waals surface area contributed by atoms with Gasteiger partial charge in [-0.3, -0.25) is 4.79 Å². The average Bonchev–Trinajstić information content (AvgIpc) is 2.69. The van der Waals surface area contributed by atoms with E-state index in [1.54, 1.807) is 0 Å². The van der Waals surface area contributed by atoms with Gasteiger partial charge in [0.15, 0.2) is 0 Å². The molecule has 0 bridgehead atoms. The third-order valence-corrected chi connectivity index (χ3v) is 6.08. The third-order valence-electron chi connectivity index (χ3n) is 5.42. The highest BCUT2D eigenvalue weighted by molar-refractivity contribution is 6.34. The van der Waals surface area contributed by atoms with Gasteiger partial charge in [0.25, 0.3) is 5.91 Å². The van der Waals surface area contributed by atoms with Crippen LogP contribution in [-0.4, -0.2) is 18.5 Å². The van der Waals surface area contributed by atoms with Gasteiger partial charge in [0, 0.05) is 12.6 Å². The van der Waals surface area contributed by atoms with Crippen LogP contribution in [-0.2, 0) is 6.18 Å². The molecule has 162 valence electrons. The topological polar surface area (TPSA) is 41.1 Å². The van der Waals surface area contributed by atoms with Crippen molar-refractivity contribution in [1.82, 2.24) is 5.32 Å². The molecule has 0 unspecified atom stereocenters. The number of hydrogen-bond acceptors (Lipinski definition) is 2. The molecule has 0 radical (unpaired) electrons. The molecule has 2 aromatic rings. The summed E-state index contributed by atoms with van der Waals surface area (Å²) in [7, 11) is 0. The van der Waals surface area contributed by atoms with Gasteiger partial charge in [0.05, 0.1) is 26.9 Å². The highest BCUT2D eigenvalue weighted by atomic mass is 35.5. The standard InChI is InChI=1S/C22H23Cl2F3N2O/c1-13-2-8-19(24)20(10-13)28-12-14-3-6-16(7-4-14)29-21(30)17-11-15(22(25,26)27)5-9-18(17)23/h2,5,8-11,14,16,28H,3-4,6-7,12H2,1H3,(H,29,30)/t14-,16-.